The van der Waals surface area contributed by atoms with Crippen LogP contribution in [0.15, 0.2) is 0 Å². The molecule has 1 aromatic heterocycles. The van der Waals surface area contributed by atoms with Crippen LogP contribution < -0.4 is 5.32 Å². The molecule has 96 valence electrons. The molecule has 0 fully saturated rings. The molecule has 0 amide bonds. The Kier molecular flexibility index (Phi) is 5.09. The van der Waals surface area contributed by atoms with Gasteiger partial charge in [0, 0.05) is 6.54 Å². The van der Waals surface area contributed by atoms with Crippen LogP contribution in [0, 0.1) is 24.0 Å². The lowest BCUT2D eigenvalue weighted by Crippen LogP contribution is -2.18. The molecule has 0 radical (unpaired) electrons. The Balaban J connectivity index is 2.55. The van der Waals surface area contributed by atoms with Gasteiger partial charge in [-0.3, -0.25) is 14.8 Å². The van der Waals surface area contributed by atoms with Crippen LogP contribution in [0.1, 0.15) is 31.2 Å². The van der Waals surface area contributed by atoms with Gasteiger partial charge in [-0.25, -0.2) is 0 Å². The Morgan fingerprint density at radius 1 is 1.41 bits per heavy atom. The van der Waals surface area contributed by atoms with Crippen LogP contribution in [0.25, 0.3) is 0 Å². The smallest absolute Gasteiger partial charge is 0.312 e. The van der Waals surface area contributed by atoms with Gasteiger partial charge in [0.1, 0.15) is 11.4 Å². The molecule has 1 N–H and O–H groups in total. The minimum Gasteiger partial charge on any atom is -0.317 e. The molecule has 0 aliphatic rings. The van der Waals surface area contributed by atoms with E-state index >= 15 is 0 Å². The summed E-state index contributed by atoms with van der Waals surface area (Å²) in [7, 11) is 0. The maximum atomic E-state index is 10.8. The quantitative estimate of drug-likeness (QED) is 0.448. The molecule has 0 aliphatic heterocycles. The summed E-state index contributed by atoms with van der Waals surface area (Å²) in [5, 5.41) is 18.3. The molecule has 1 heterocycles. The third kappa shape index (κ3) is 3.52. The van der Waals surface area contributed by atoms with Crippen molar-refractivity contribution < 1.29 is 4.92 Å². The highest BCUT2D eigenvalue weighted by Crippen LogP contribution is 2.21. The van der Waals surface area contributed by atoms with Gasteiger partial charge >= 0.3 is 5.69 Å². The molecule has 6 heteroatoms. The summed E-state index contributed by atoms with van der Waals surface area (Å²) in [5.41, 5.74) is 1.28. The average Bonchev–Trinajstić information content (AvgIpc) is 2.53. The molecular formula is C11H20N4O2. The van der Waals surface area contributed by atoms with Crippen LogP contribution in [0.2, 0.25) is 0 Å². The molecular weight excluding hydrogens is 220 g/mol. The fourth-order valence-electron chi connectivity index (χ4n) is 1.83. The minimum absolute atomic E-state index is 0.145. The van der Waals surface area contributed by atoms with E-state index in [1.54, 1.807) is 18.5 Å². The Morgan fingerprint density at radius 2 is 2.12 bits per heavy atom. The maximum absolute atomic E-state index is 10.8. The van der Waals surface area contributed by atoms with Crippen molar-refractivity contribution in [2.24, 2.45) is 0 Å². The van der Waals surface area contributed by atoms with Crippen molar-refractivity contribution >= 4 is 5.69 Å². The van der Waals surface area contributed by atoms with Gasteiger partial charge in [0.25, 0.3) is 0 Å². The van der Waals surface area contributed by atoms with E-state index in [-0.39, 0.29) is 10.6 Å². The highest BCUT2D eigenvalue weighted by atomic mass is 16.6. The summed E-state index contributed by atoms with van der Waals surface area (Å²) in [6.45, 7) is 8.19. The molecule has 6 nitrogen and oxygen atoms in total. The molecule has 0 atom stereocenters. The first-order valence-corrected chi connectivity index (χ1v) is 5.97. The fraction of sp³-hybridized carbons (Fsp3) is 0.727. The fourth-order valence-corrected chi connectivity index (χ4v) is 1.83. The standard InChI is InChI=1S/C11H20N4O2/c1-4-6-12-7-5-8-14-10(3)11(15(16)17)9(2)13-14/h12H,4-8H2,1-3H3. The van der Waals surface area contributed by atoms with Gasteiger partial charge in [0.05, 0.1) is 4.92 Å². The van der Waals surface area contributed by atoms with E-state index in [2.05, 4.69) is 17.3 Å². The van der Waals surface area contributed by atoms with E-state index in [0.29, 0.717) is 11.4 Å². The van der Waals surface area contributed by atoms with Crippen LogP contribution in [-0.2, 0) is 6.54 Å². The monoisotopic (exact) mass is 240 g/mol. The van der Waals surface area contributed by atoms with Crippen molar-refractivity contribution in [2.75, 3.05) is 13.1 Å². The van der Waals surface area contributed by atoms with Crippen molar-refractivity contribution in [1.82, 2.24) is 15.1 Å². The molecule has 0 spiro atoms. The third-order valence-corrected chi connectivity index (χ3v) is 2.68. The summed E-state index contributed by atoms with van der Waals surface area (Å²) < 4.78 is 1.72. The lowest BCUT2D eigenvalue weighted by molar-refractivity contribution is -0.386. The van der Waals surface area contributed by atoms with Gasteiger partial charge in [-0.1, -0.05) is 6.92 Å². The number of hydrogen-bond donors (Lipinski definition) is 1. The normalized spacial score (nSPS) is 10.8. The maximum Gasteiger partial charge on any atom is 0.312 e. The second-order valence-electron chi connectivity index (χ2n) is 4.10. The molecule has 0 aromatic carbocycles. The first-order valence-electron chi connectivity index (χ1n) is 5.97. The van der Waals surface area contributed by atoms with Crippen LogP contribution in [0.4, 0.5) is 5.69 Å². The number of hydrogen-bond acceptors (Lipinski definition) is 4. The van der Waals surface area contributed by atoms with E-state index in [0.717, 1.165) is 32.5 Å². The predicted molar refractivity (Wildman–Crippen MR) is 66.1 cm³/mol. The molecule has 0 unspecified atom stereocenters. The van der Waals surface area contributed by atoms with Crippen molar-refractivity contribution in [2.45, 2.75) is 40.2 Å². The Morgan fingerprint density at radius 3 is 2.65 bits per heavy atom. The van der Waals surface area contributed by atoms with Gasteiger partial charge in [0.2, 0.25) is 0 Å². The zero-order chi connectivity index (χ0) is 12.8. The Bertz CT molecular complexity index is 387. The van der Waals surface area contributed by atoms with Gasteiger partial charge in [-0.15, -0.1) is 0 Å². The summed E-state index contributed by atoms with van der Waals surface area (Å²) in [6.07, 6.45) is 2.05. The van der Waals surface area contributed by atoms with Gasteiger partial charge < -0.3 is 5.32 Å². The first kappa shape index (κ1) is 13.6. The topological polar surface area (TPSA) is 73.0 Å². The lowest BCUT2D eigenvalue weighted by atomic mass is 10.3. The summed E-state index contributed by atoms with van der Waals surface area (Å²) >= 11 is 0. The Labute approximate surface area is 101 Å². The second-order valence-corrected chi connectivity index (χ2v) is 4.10. The number of aromatic nitrogens is 2. The third-order valence-electron chi connectivity index (χ3n) is 2.68. The van der Waals surface area contributed by atoms with E-state index in [4.69, 9.17) is 0 Å². The molecule has 1 aromatic rings. The van der Waals surface area contributed by atoms with E-state index in [1.165, 1.54) is 0 Å². The molecule has 17 heavy (non-hydrogen) atoms. The first-order chi connectivity index (χ1) is 8.07. The van der Waals surface area contributed by atoms with Crippen molar-refractivity contribution in [1.29, 1.82) is 0 Å². The van der Waals surface area contributed by atoms with Crippen LogP contribution in [0.3, 0.4) is 0 Å². The number of nitrogens with zero attached hydrogens (tertiary/aromatic N) is 3. The second kappa shape index (κ2) is 6.34. The van der Waals surface area contributed by atoms with Crippen LogP contribution in [0.5, 0.6) is 0 Å². The van der Waals surface area contributed by atoms with Crippen LogP contribution in [-0.4, -0.2) is 27.8 Å². The predicted octanol–water partition coefficient (Wildman–Crippen LogP) is 1.80. The largest absolute Gasteiger partial charge is 0.317 e. The molecule has 0 aliphatic carbocycles. The number of nitro groups is 1. The molecule has 0 saturated heterocycles. The van der Waals surface area contributed by atoms with Gasteiger partial charge in [-0.2, -0.15) is 5.10 Å². The van der Waals surface area contributed by atoms with E-state index < -0.39 is 0 Å². The lowest BCUT2D eigenvalue weighted by Gasteiger charge is -2.04. The minimum atomic E-state index is -0.358. The van der Waals surface area contributed by atoms with Crippen molar-refractivity contribution in [3.05, 3.63) is 21.5 Å². The molecule has 1 rings (SSSR count). The zero-order valence-electron chi connectivity index (χ0n) is 10.7. The number of rotatable bonds is 7. The Hall–Kier alpha value is -1.43. The van der Waals surface area contributed by atoms with Gasteiger partial charge in [0.15, 0.2) is 0 Å². The van der Waals surface area contributed by atoms with Crippen molar-refractivity contribution in [3.8, 4) is 0 Å². The number of aryl methyl sites for hydroxylation is 2. The van der Waals surface area contributed by atoms with E-state index in [1.807, 2.05) is 0 Å². The zero-order valence-corrected chi connectivity index (χ0v) is 10.7. The highest BCUT2D eigenvalue weighted by molar-refractivity contribution is 5.39. The number of nitrogens with one attached hydrogen (secondary N) is 1. The van der Waals surface area contributed by atoms with Gasteiger partial charge in [-0.05, 0) is 39.8 Å². The molecule has 0 saturated carbocycles. The summed E-state index contributed by atoms with van der Waals surface area (Å²) in [6, 6.07) is 0. The highest BCUT2D eigenvalue weighted by Gasteiger charge is 2.21. The summed E-state index contributed by atoms with van der Waals surface area (Å²) in [5.74, 6) is 0. The van der Waals surface area contributed by atoms with Crippen LogP contribution >= 0.6 is 0 Å². The average molecular weight is 240 g/mol. The SMILES string of the molecule is CCCNCCCn1nc(C)c([N+](=O)[O-])c1C. The van der Waals surface area contributed by atoms with E-state index in [9.17, 15) is 10.1 Å². The molecule has 0 bridgehead atoms. The summed E-state index contributed by atoms with van der Waals surface area (Å²) in [4.78, 5) is 10.5. The van der Waals surface area contributed by atoms with Crippen molar-refractivity contribution in [3.63, 3.8) is 0 Å².